The van der Waals surface area contributed by atoms with Crippen LogP contribution in [0.1, 0.15) is 18.5 Å². The van der Waals surface area contributed by atoms with Gasteiger partial charge in [-0.15, -0.1) is 0 Å². The van der Waals surface area contributed by atoms with Gasteiger partial charge in [-0.1, -0.05) is 18.5 Å². The number of hydrogen-bond donors (Lipinski definition) is 1. The van der Waals surface area contributed by atoms with Crippen LogP contribution >= 0.6 is 11.6 Å². The second-order valence-electron chi connectivity index (χ2n) is 3.53. The van der Waals surface area contributed by atoms with Gasteiger partial charge in [0.2, 0.25) is 0 Å². The van der Waals surface area contributed by atoms with E-state index in [0.717, 1.165) is 6.54 Å². The lowest BCUT2D eigenvalue weighted by Gasteiger charge is -2.36. The number of rotatable bonds is 1. The molecule has 1 saturated heterocycles. The van der Waals surface area contributed by atoms with E-state index >= 15 is 0 Å². The minimum Gasteiger partial charge on any atom is -0.309 e. The van der Waals surface area contributed by atoms with Crippen LogP contribution in [-0.4, -0.2) is 6.54 Å². The van der Waals surface area contributed by atoms with Gasteiger partial charge in [-0.05, 0) is 24.1 Å². The number of benzene rings is 1. The van der Waals surface area contributed by atoms with Crippen molar-refractivity contribution in [3.63, 3.8) is 0 Å². The van der Waals surface area contributed by atoms with Crippen molar-refractivity contribution in [2.75, 3.05) is 6.54 Å². The van der Waals surface area contributed by atoms with Crippen LogP contribution in [0.4, 0.5) is 4.39 Å². The molecule has 0 spiro atoms. The predicted molar refractivity (Wildman–Crippen MR) is 51.3 cm³/mol. The molecule has 13 heavy (non-hydrogen) atoms. The van der Waals surface area contributed by atoms with Gasteiger partial charge < -0.3 is 5.32 Å². The Hall–Kier alpha value is -0.600. The van der Waals surface area contributed by atoms with E-state index < -0.39 is 0 Å². The van der Waals surface area contributed by atoms with Crippen molar-refractivity contribution < 1.29 is 4.39 Å². The van der Waals surface area contributed by atoms with Gasteiger partial charge in [0.05, 0.1) is 0 Å². The Labute approximate surface area is 81.9 Å². The first kappa shape index (κ1) is 8.97. The van der Waals surface area contributed by atoms with E-state index in [0.29, 0.717) is 16.5 Å². The Bertz CT molecular complexity index is 327. The minimum absolute atomic E-state index is 0.138. The van der Waals surface area contributed by atoms with Crippen molar-refractivity contribution in [1.82, 2.24) is 5.32 Å². The van der Waals surface area contributed by atoms with Crippen LogP contribution < -0.4 is 5.32 Å². The lowest BCUT2D eigenvalue weighted by molar-refractivity contribution is 0.252. The summed E-state index contributed by atoms with van der Waals surface area (Å²) in [5, 5.41) is 3.78. The highest BCUT2D eigenvalue weighted by Gasteiger charge is 2.29. The summed E-state index contributed by atoms with van der Waals surface area (Å²) in [6.07, 6.45) is 0. The Kier molecular flexibility index (Phi) is 2.26. The van der Waals surface area contributed by atoms with E-state index in [-0.39, 0.29) is 11.9 Å². The molecule has 1 aromatic carbocycles. The summed E-state index contributed by atoms with van der Waals surface area (Å²) >= 11 is 5.80. The maximum Gasteiger partial charge on any atom is 0.128 e. The summed E-state index contributed by atoms with van der Waals surface area (Å²) < 4.78 is 13.3. The van der Waals surface area contributed by atoms with Crippen molar-refractivity contribution in [3.05, 3.63) is 34.6 Å². The van der Waals surface area contributed by atoms with E-state index in [1.54, 1.807) is 12.1 Å². The SMILES string of the molecule is CC1CNC1c1cc(Cl)ccc1F. The second-order valence-corrected chi connectivity index (χ2v) is 3.97. The molecule has 0 aliphatic carbocycles. The molecule has 2 unspecified atom stereocenters. The first-order chi connectivity index (χ1) is 6.18. The Morgan fingerprint density at radius 3 is 2.85 bits per heavy atom. The smallest absolute Gasteiger partial charge is 0.128 e. The zero-order valence-electron chi connectivity index (χ0n) is 7.35. The van der Waals surface area contributed by atoms with E-state index in [1.165, 1.54) is 6.07 Å². The largest absolute Gasteiger partial charge is 0.309 e. The van der Waals surface area contributed by atoms with Gasteiger partial charge in [0.25, 0.3) is 0 Å². The van der Waals surface area contributed by atoms with Crippen LogP contribution in [0.3, 0.4) is 0 Å². The molecule has 0 amide bonds. The molecule has 0 aromatic heterocycles. The summed E-state index contributed by atoms with van der Waals surface area (Å²) in [6.45, 7) is 3.05. The third-order valence-electron chi connectivity index (χ3n) is 2.52. The fourth-order valence-corrected chi connectivity index (χ4v) is 1.82. The van der Waals surface area contributed by atoms with Crippen LogP contribution in [0.5, 0.6) is 0 Å². The Balaban J connectivity index is 2.33. The number of nitrogens with one attached hydrogen (secondary N) is 1. The molecule has 1 N–H and O–H groups in total. The third kappa shape index (κ3) is 1.56. The molecule has 1 heterocycles. The molecule has 1 aliphatic rings. The van der Waals surface area contributed by atoms with E-state index in [1.807, 2.05) is 0 Å². The van der Waals surface area contributed by atoms with Gasteiger partial charge in [-0.2, -0.15) is 0 Å². The minimum atomic E-state index is -0.173. The fraction of sp³-hybridized carbons (Fsp3) is 0.400. The fourth-order valence-electron chi connectivity index (χ4n) is 1.64. The lowest BCUT2D eigenvalue weighted by atomic mass is 9.87. The summed E-state index contributed by atoms with van der Waals surface area (Å²) in [6, 6.07) is 4.83. The van der Waals surface area contributed by atoms with Crippen LogP contribution in [0.25, 0.3) is 0 Å². The second kappa shape index (κ2) is 3.28. The summed E-state index contributed by atoms with van der Waals surface area (Å²) in [7, 11) is 0. The van der Waals surface area contributed by atoms with Gasteiger partial charge in [0, 0.05) is 23.2 Å². The van der Waals surface area contributed by atoms with Crippen molar-refractivity contribution >= 4 is 11.6 Å². The molecule has 3 heteroatoms. The normalized spacial score (nSPS) is 27.0. The Morgan fingerprint density at radius 1 is 1.54 bits per heavy atom. The lowest BCUT2D eigenvalue weighted by Crippen LogP contribution is -2.44. The molecule has 2 rings (SSSR count). The summed E-state index contributed by atoms with van der Waals surface area (Å²) in [5.41, 5.74) is 0.686. The van der Waals surface area contributed by atoms with Gasteiger partial charge in [0.15, 0.2) is 0 Å². The Morgan fingerprint density at radius 2 is 2.31 bits per heavy atom. The molecular weight excluding hydrogens is 189 g/mol. The first-order valence-corrected chi connectivity index (χ1v) is 4.74. The van der Waals surface area contributed by atoms with Crippen molar-refractivity contribution in [3.8, 4) is 0 Å². The molecule has 1 aromatic rings. The summed E-state index contributed by atoms with van der Waals surface area (Å²) in [5.74, 6) is 0.321. The van der Waals surface area contributed by atoms with Crippen molar-refractivity contribution in [2.45, 2.75) is 13.0 Å². The molecule has 1 nitrogen and oxygen atoms in total. The van der Waals surface area contributed by atoms with Crippen LogP contribution in [0.15, 0.2) is 18.2 Å². The molecule has 0 radical (unpaired) electrons. The van der Waals surface area contributed by atoms with E-state index in [4.69, 9.17) is 11.6 Å². The zero-order chi connectivity index (χ0) is 9.42. The van der Waals surface area contributed by atoms with Crippen molar-refractivity contribution in [1.29, 1.82) is 0 Å². The topological polar surface area (TPSA) is 12.0 Å². The van der Waals surface area contributed by atoms with Crippen LogP contribution in [0, 0.1) is 11.7 Å². The highest BCUT2D eigenvalue weighted by Crippen LogP contribution is 2.31. The monoisotopic (exact) mass is 199 g/mol. The third-order valence-corrected chi connectivity index (χ3v) is 2.76. The zero-order valence-corrected chi connectivity index (χ0v) is 8.11. The molecule has 1 aliphatic heterocycles. The van der Waals surface area contributed by atoms with Gasteiger partial charge >= 0.3 is 0 Å². The van der Waals surface area contributed by atoms with E-state index in [9.17, 15) is 4.39 Å². The highest BCUT2D eigenvalue weighted by atomic mass is 35.5. The first-order valence-electron chi connectivity index (χ1n) is 4.37. The summed E-state index contributed by atoms with van der Waals surface area (Å²) in [4.78, 5) is 0. The van der Waals surface area contributed by atoms with Gasteiger partial charge in [0.1, 0.15) is 5.82 Å². The standard InChI is InChI=1S/C10H11ClFN/c1-6-5-13-10(6)8-4-7(11)2-3-9(8)12/h2-4,6,10,13H,5H2,1H3. The molecule has 1 fully saturated rings. The maximum absolute atomic E-state index is 13.3. The molecular formula is C10H11ClFN. The highest BCUT2D eigenvalue weighted by molar-refractivity contribution is 6.30. The maximum atomic E-state index is 13.3. The van der Waals surface area contributed by atoms with Crippen LogP contribution in [0.2, 0.25) is 5.02 Å². The average molecular weight is 200 g/mol. The number of halogens is 2. The van der Waals surface area contributed by atoms with Crippen molar-refractivity contribution in [2.24, 2.45) is 5.92 Å². The van der Waals surface area contributed by atoms with E-state index in [2.05, 4.69) is 12.2 Å². The van der Waals surface area contributed by atoms with Crippen LogP contribution in [-0.2, 0) is 0 Å². The van der Waals surface area contributed by atoms with Gasteiger partial charge in [-0.25, -0.2) is 4.39 Å². The predicted octanol–water partition coefficient (Wildman–Crippen LogP) is 2.76. The quantitative estimate of drug-likeness (QED) is 0.734. The molecule has 0 saturated carbocycles. The van der Waals surface area contributed by atoms with Gasteiger partial charge in [-0.3, -0.25) is 0 Å². The molecule has 2 atom stereocenters. The number of hydrogen-bond acceptors (Lipinski definition) is 1. The average Bonchev–Trinajstić information content (AvgIpc) is 2.09. The molecule has 0 bridgehead atoms. The molecule has 70 valence electrons.